The van der Waals surface area contributed by atoms with Crippen molar-refractivity contribution >= 4 is 29.5 Å². The minimum atomic E-state index is -0.797. The van der Waals surface area contributed by atoms with Crippen molar-refractivity contribution in [3.63, 3.8) is 0 Å². The Labute approximate surface area is 251 Å². The fraction of sp³-hybridized carbons (Fsp3) is 0.531. The lowest BCUT2D eigenvalue weighted by atomic mass is 9.66. The van der Waals surface area contributed by atoms with Gasteiger partial charge in [0.1, 0.15) is 6.04 Å². The first-order chi connectivity index (χ1) is 20.5. The van der Waals surface area contributed by atoms with E-state index in [-0.39, 0.29) is 35.5 Å². The number of nitrogens with zero attached hydrogens (tertiary/aromatic N) is 2. The summed E-state index contributed by atoms with van der Waals surface area (Å²) in [6.45, 7) is 6.35. The summed E-state index contributed by atoms with van der Waals surface area (Å²) in [5.74, 6) is -1.69. The molecule has 6 rings (SSSR count). The number of hydrogen-bond donors (Lipinski definition) is 3. The molecule has 1 spiro atoms. The maximum atomic E-state index is 14.5. The molecule has 2 aromatic rings. The second-order valence-electron chi connectivity index (χ2n) is 11.9. The molecule has 2 aromatic carbocycles. The summed E-state index contributed by atoms with van der Waals surface area (Å²) in [6.07, 6.45) is 0.762. The number of rotatable bonds is 10. The van der Waals surface area contributed by atoms with Gasteiger partial charge in [-0.2, -0.15) is 0 Å². The molecule has 0 saturated carbocycles. The first-order valence-electron chi connectivity index (χ1n) is 15.0. The third-order valence-electron chi connectivity index (χ3n) is 9.57. The van der Waals surface area contributed by atoms with Gasteiger partial charge in [-0.15, -0.1) is 11.8 Å². The van der Waals surface area contributed by atoms with Crippen LogP contribution in [0.4, 0.5) is 0 Å². The van der Waals surface area contributed by atoms with Gasteiger partial charge in [0.15, 0.2) is 0 Å². The molecule has 0 radical (unpaired) electrons. The van der Waals surface area contributed by atoms with Gasteiger partial charge in [-0.1, -0.05) is 67.6 Å². The Morgan fingerprint density at radius 1 is 1.05 bits per heavy atom. The van der Waals surface area contributed by atoms with E-state index in [2.05, 4.69) is 22.5 Å². The maximum Gasteiger partial charge on any atom is 0.244 e. The largest absolute Gasteiger partial charge is 0.394 e. The molecule has 4 aliphatic rings. The number of amides is 3. The number of benzene rings is 2. The summed E-state index contributed by atoms with van der Waals surface area (Å²) < 4.78 is 4.70. The Bertz CT molecular complexity index is 1280. The summed E-state index contributed by atoms with van der Waals surface area (Å²) in [7, 11) is 0. The number of nitrogens with one attached hydrogen (secondary N) is 2. The average molecular weight is 593 g/mol. The number of thioether (sulfide) groups is 1. The van der Waals surface area contributed by atoms with E-state index in [1.165, 1.54) is 0 Å². The van der Waals surface area contributed by atoms with Crippen LogP contribution in [0.1, 0.15) is 30.5 Å². The van der Waals surface area contributed by atoms with Crippen LogP contribution in [0.15, 0.2) is 60.7 Å². The summed E-state index contributed by atoms with van der Waals surface area (Å²) in [5, 5.41) is 16.8. The number of ether oxygens (including phenoxy) is 1. The second-order valence-corrected chi connectivity index (χ2v) is 13.4. The summed E-state index contributed by atoms with van der Waals surface area (Å²) >= 11 is 1.65. The summed E-state index contributed by atoms with van der Waals surface area (Å²) in [5.41, 5.74) is 1.76. The Balaban J connectivity index is 1.30. The third-order valence-corrected chi connectivity index (χ3v) is 11.6. The van der Waals surface area contributed by atoms with E-state index in [1.807, 2.05) is 60.7 Å². The molecule has 10 heteroatoms. The Morgan fingerprint density at radius 3 is 2.43 bits per heavy atom. The van der Waals surface area contributed by atoms with Crippen LogP contribution in [0.25, 0.3) is 0 Å². The van der Waals surface area contributed by atoms with Gasteiger partial charge in [-0.3, -0.25) is 19.3 Å². The smallest absolute Gasteiger partial charge is 0.244 e. The lowest BCUT2D eigenvalue weighted by molar-refractivity contribution is -0.143. The van der Waals surface area contributed by atoms with Crippen LogP contribution >= 0.6 is 11.8 Å². The minimum absolute atomic E-state index is 0.0418. The van der Waals surface area contributed by atoms with Crippen LogP contribution in [0.5, 0.6) is 0 Å². The molecular formula is C32H40N4O5S. The lowest BCUT2D eigenvalue weighted by Gasteiger charge is -2.40. The van der Waals surface area contributed by atoms with Gasteiger partial charge in [0.05, 0.1) is 42.4 Å². The van der Waals surface area contributed by atoms with Crippen molar-refractivity contribution in [2.75, 3.05) is 46.0 Å². The second kappa shape index (κ2) is 12.4. The molecule has 2 bridgehead atoms. The molecular weight excluding hydrogens is 552 g/mol. The molecule has 3 amide bonds. The standard InChI is InChI=1S/C32H40N4O5S/c1-21-18-25-26(29(38)34-19-22-8-4-2-5-9-22)27-31(40)36(24(20-37)23-10-6-3-7-11-23)28(32(21,27)42-25)30(39)33-12-13-35-14-16-41-17-15-35/h2-11,21,24-28,37H,12-20H2,1H3,(H,33,39)(H,34,38)/t21?,24-,25-,26+,27+,28?,32?/m1/s1. The number of aliphatic hydroxyl groups excluding tert-OH is 1. The van der Waals surface area contributed by atoms with Gasteiger partial charge >= 0.3 is 0 Å². The van der Waals surface area contributed by atoms with E-state index < -0.39 is 28.7 Å². The number of hydrogen-bond acceptors (Lipinski definition) is 7. The maximum absolute atomic E-state index is 14.5. The minimum Gasteiger partial charge on any atom is -0.394 e. The Morgan fingerprint density at radius 2 is 1.74 bits per heavy atom. The number of carbonyl (C=O) groups is 3. The van der Waals surface area contributed by atoms with Crippen molar-refractivity contribution in [3.8, 4) is 0 Å². The molecule has 224 valence electrons. The van der Waals surface area contributed by atoms with E-state index in [4.69, 9.17) is 4.74 Å². The molecule has 0 aromatic heterocycles. The molecule has 4 saturated heterocycles. The summed E-state index contributed by atoms with van der Waals surface area (Å²) in [6, 6.07) is 17.6. The first-order valence-corrected chi connectivity index (χ1v) is 15.9. The van der Waals surface area contributed by atoms with Gasteiger partial charge in [0.2, 0.25) is 17.7 Å². The number of carbonyl (C=O) groups excluding carboxylic acids is 3. The number of aliphatic hydroxyl groups is 1. The van der Waals surface area contributed by atoms with Crippen molar-refractivity contribution in [3.05, 3.63) is 71.8 Å². The quantitative estimate of drug-likeness (QED) is 0.386. The zero-order chi connectivity index (χ0) is 29.3. The van der Waals surface area contributed by atoms with E-state index >= 15 is 0 Å². The molecule has 7 atom stereocenters. The molecule has 4 fully saturated rings. The normalized spacial score (nSPS) is 31.1. The first kappa shape index (κ1) is 29.2. The van der Waals surface area contributed by atoms with Gasteiger partial charge < -0.3 is 25.4 Å². The highest BCUT2D eigenvalue weighted by Gasteiger charge is 2.76. The van der Waals surface area contributed by atoms with Crippen LogP contribution in [-0.4, -0.2) is 94.7 Å². The van der Waals surface area contributed by atoms with Crippen LogP contribution in [0.2, 0.25) is 0 Å². The van der Waals surface area contributed by atoms with Gasteiger partial charge in [-0.25, -0.2) is 0 Å². The van der Waals surface area contributed by atoms with Crippen molar-refractivity contribution in [1.82, 2.24) is 20.4 Å². The lowest BCUT2D eigenvalue weighted by Crippen LogP contribution is -2.57. The highest BCUT2D eigenvalue weighted by molar-refractivity contribution is 8.02. The number of morpholine rings is 1. The predicted octanol–water partition coefficient (Wildman–Crippen LogP) is 1.82. The Hall–Kier alpha value is -2.92. The van der Waals surface area contributed by atoms with Crippen molar-refractivity contribution in [1.29, 1.82) is 0 Å². The van der Waals surface area contributed by atoms with Crippen molar-refractivity contribution < 1.29 is 24.2 Å². The van der Waals surface area contributed by atoms with Crippen LogP contribution in [0.3, 0.4) is 0 Å². The van der Waals surface area contributed by atoms with Crippen LogP contribution in [0, 0.1) is 17.8 Å². The van der Waals surface area contributed by atoms with Crippen LogP contribution in [-0.2, 0) is 25.7 Å². The number of likely N-dealkylation sites (tertiary alicyclic amines) is 1. The molecule has 0 aliphatic carbocycles. The fourth-order valence-electron chi connectivity index (χ4n) is 7.59. The monoisotopic (exact) mass is 592 g/mol. The van der Waals surface area contributed by atoms with E-state index in [0.29, 0.717) is 32.8 Å². The zero-order valence-electron chi connectivity index (χ0n) is 24.0. The molecule has 42 heavy (non-hydrogen) atoms. The van der Waals surface area contributed by atoms with E-state index in [1.54, 1.807) is 16.7 Å². The number of fused-ring (bicyclic) bond motifs is 1. The van der Waals surface area contributed by atoms with Gasteiger partial charge in [0, 0.05) is 38.0 Å². The Kier molecular flexibility index (Phi) is 8.58. The summed E-state index contributed by atoms with van der Waals surface area (Å²) in [4.78, 5) is 46.4. The predicted molar refractivity (Wildman–Crippen MR) is 160 cm³/mol. The molecule has 4 aliphatic heterocycles. The highest BCUT2D eigenvalue weighted by atomic mass is 32.2. The zero-order valence-corrected chi connectivity index (χ0v) is 24.8. The van der Waals surface area contributed by atoms with E-state index in [0.717, 1.165) is 30.6 Å². The van der Waals surface area contributed by atoms with E-state index in [9.17, 15) is 19.5 Å². The molecule has 4 heterocycles. The fourth-order valence-corrected chi connectivity index (χ4v) is 9.99. The topological polar surface area (TPSA) is 111 Å². The molecule has 3 unspecified atom stereocenters. The molecule has 3 N–H and O–H groups in total. The van der Waals surface area contributed by atoms with Gasteiger partial charge in [-0.05, 0) is 23.5 Å². The van der Waals surface area contributed by atoms with Gasteiger partial charge in [0.25, 0.3) is 0 Å². The third kappa shape index (κ3) is 5.12. The SMILES string of the molecule is CC1C[C@H]2SC13C(C(=O)NCCN1CCOCC1)N([C@H](CO)c1ccccc1)C(=O)[C@@H]3[C@H]2C(=O)NCc1ccccc1. The van der Waals surface area contributed by atoms with Crippen LogP contribution < -0.4 is 10.6 Å². The average Bonchev–Trinajstić information content (AvgIpc) is 3.62. The molecule has 9 nitrogen and oxygen atoms in total. The highest BCUT2D eigenvalue weighted by Crippen LogP contribution is 2.69. The van der Waals surface area contributed by atoms with Crippen molar-refractivity contribution in [2.24, 2.45) is 17.8 Å². The van der Waals surface area contributed by atoms with Crippen molar-refractivity contribution in [2.45, 2.75) is 42.0 Å².